The third kappa shape index (κ3) is 2.07. The summed E-state index contributed by atoms with van der Waals surface area (Å²) in [5, 5.41) is 8.38. The van der Waals surface area contributed by atoms with Crippen LogP contribution in [0.2, 0.25) is 0 Å². The highest BCUT2D eigenvalue weighted by molar-refractivity contribution is 5.76. The zero-order valence-electron chi connectivity index (χ0n) is 11.2. The van der Waals surface area contributed by atoms with Gasteiger partial charge in [-0.05, 0) is 24.3 Å². The van der Waals surface area contributed by atoms with Gasteiger partial charge in [-0.3, -0.25) is 0 Å². The van der Waals surface area contributed by atoms with Crippen LogP contribution in [0.4, 0.5) is 0 Å². The van der Waals surface area contributed by atoms with Crippen LogP contribution in [-0.4, -0.2) is 20.0 Å². The number of aromatic nitrogens is 4. The molecule has 0 spiro atoms. The van der Waals surface area contributed by atoms with Gasteiger partial charge in [0.15, 0.2) is 5.65 Å². The molecule has 0 saturated heterocycles. The SMILES string of the molecule is c1ccc(-c2ccc3nnn(-c4ccccc4)c3n2)cc1. The zero-order chi connectivity index (χ0) is 14.1. The quantitative estimate of drug-likeness (QED) is 0.561. The lowest BCUT2D eigenvalue weighted by Crippen LogP contribution is -1.98. The molecule has 4 nitrogen and oxygen atoms in total. The summed E-state index contributed by atoms with van der Waals surface area (Å²) < 4.78 is 1.77. The maximum Gasteiger partial charge on any atom is 0.184 e. The van der Waals surface area contributed by atoms with Crippen molar-refractivity contribution in [1.82, 2.24) is 20.0 Å². The molecule has 4 heteroatoms. The van der Waals surface area contributed by atoms with Gasteiger partial charge in [0.2, 0.25) is 0 Å². The highest BCUT2D eigenvalue weighted by atomic mass is 15.4. The molecular formula is C17H12N4. The summed E-state index contributed by atoms with van der Waals surface area (Å²) in [6.45, 7) is 0. The van der Waals surface area contributed by atoms with E-state index < -0.39 is 0 Å². The maximum atomic E-state index is 4.72. The van der Waals surface area contributed by atoms with Crippen LogP contribution in [-0.2, 0) is 0 Å². The van der Waals surface area contributed by atoms with E-state index in [0.717, 1.165) is 28.1 Å². The van der Waals surface area contributed by atoms with E-state index in [2.05, 4.69) is 10.3 Å². The Morgan fingerprint density at radius 1 is 0.714 bits per heavy atom. The van der Waals surface area contributed by atoms with Gasteiger partial charge < -0.3 is 0 Å². The average Bonchev–Trinajstić information content (AvgIpc) is 2.99. The van der Waals surface area contributed by atoms with Crippen LogP contribution in [0, 0.1) is 0 Å². The predicted octanol–water partition coefficient (Wildman–Crippen LogP) is 3.48. The van der Waals surface area contributed by atoms with Crippen LogP contribution in [0.3, 0.4) is 0 Å². The Labute approximate surface area is 121 Å². The fraction of sp³-hybridized carbons (Fsp3) is 0. The standard InChI is InChI=1S/C17H12N4/c1-3-7-13(8-4-1)15-11-12-16-17(18-15)21(20-19-16)14-9-5-2-6-10-14/h1-12H. The largest absolute Gasteiger partial charge is 0.226 e. The minimum absolute atomic E-state index is 0.766. The highest BCUT2D eigenvalue weighted by Gasteiger charge is 2.09. The smallest absolute Gasteiger partial charge is 0.184 e. The van der Waals surface area contributed by atoms with E-state index >= 15 is 0 Å². The molecule has 0 aliphatic rings. The summed E-state index contributed by atoms with van der Waals surface area (Å²) in [4.78, 5) is 4.72. The molecule has 4 aromatic rings. The van der Waals surface area contributed by atoms with E-state index in [4.69, 9.17) is 4.98 Å². The molecule has 100 valence electrons. The van der Waals surface area contributed by atoms with Gasteiger partial charge >= 0.3 is 0 Å². The Hall–Kier alpha value is -3.01. The molecule has 0 unspecified atom stereocenters. The van der Waals surface area contributed by atoms with Gasteiger partial charge in [0.25, 0.3) is 0 Å². The third-order valence-electron chi connectivity index (χ3n) is 3.37. The molecule has 21 heavy (non-hydrogen) atoms. The van der Waals surface area contributed by atoms with Crippen molar-refractivity contribution in [2.24, 2.45) is 0 Å². The van der Waals surface area contributed by atoms with Gasteiger partial charge in [-0.25, -0.2) is 4.98 Å². The van der Waals surface area contributed by atoms with E-state index in [1.54, 1.807) is 4.68 Å². The second-order valence-corrected chi connectivity index (χ2v) is 4.74. The maximum absolute atomic E-state index is 4.72. The number of hydrogen-bond acceptors (Lipinski definition) is 3. The average molecular weight is 272 g/mol. The van der Waals surface area contributed by atoms with Gasteiger partial charge in [0.1, 0.15) is 5.52 Å². The van der Waals surface area contributed by atoms with Crippen molar-refractivity contribution in [1.29, 1.82) is 0 Å². The molecule has 0 bridgehead atoms. The minimum Gasteiger partial charge on any atom is -0.226 e. The first-order valence-electron chi connectivity index (χ1n) is 6.75. The van der Waals surface area contributed by atoms with Crippen LogP contribution >= 0.6 is 0 Å². The van der Waals surface area contributed by atoms with Crippen molar-refractivity contribution in [3.63, 3.8) is 0 Å². The molecule has 0 fully saturated rings. The van der Waals surface area contributed by atoms with Crippen molar-refractivity contribution in [3.05, 3.63) is 72.8 Å². The second kappa shape index (κ2) is 4.83. The first kappa shape index (κ1) is 11.8. The zero-order valence-corrected chi connectivity index (χ0v) is 11.2. The molecule has 4 rings (SSSR count). The lowest BCUT2D eigenvalue weighted by molar-refractivity contribution is 0.817. The summed E-state index contributed by atoms with van der Waals surface area (Å²) in [6, 6.07) is 23.9. The van der Waals surface area contributed by atoms with Crippen molar-refractivity contribution in [2.75, 3.05) is 0 Å². The van der Waals surface area contributed by atoms with Gasteiger partial charge in [-0.15, -0.1) is 5.10 Å². The normalized spacial score (nSPS) is 10.9. The van der Waals surface area contributed by atoms with E-state index in [1.807, 2.05) is 72.8 Å². The van der Waals surface area contributed by atoms with E-state index in [9.17, 15) is 0 Å². The monoisotopic (exact) mass is 272 g/mol. The topological polar surface area (TPSA) is 43.6 Å². The van der Waals surface area contributed by atoms with Crippen LogP contribution < -0.4 is 0 Å². The highest BCUT2D eigenvalue weighted by Crippen LogP contribution is 2.21. The summed E-state index contributed by atoms with van der Waals surface area (Å²) in [6.07, 6.45) is 0. The summed E-state index contributed by atoms with van der Waals surface area (Å²) >= 11 is 0. The Morgan fingerprint density at radius 2 is 1.43 bits per heavy atom. The summed E-state index contributed by atoms with van der Waals surface area (Å²) in [5.41, 5.74) is 4.52. The second-order valence-electron chi connectivity index (χ2n) is 4.74. The van der Waals surface area contributed by atoms with Crippen LogP contribution in [0.15, 0.2) is 72.8 Å². The van der Waals surface area contributed by atoms with E-state index in [0.29, 0.717) is 0 Å². The molecule has 0 aliphatic heterocycles. The number of pyridine rings is 1. The fourth-order valence-corrected chi connectivity index (χ4v) is 2.32. The number of rotatable bonds is 2. The molecule has 0 aliphatic carbocycles. The molecule has 2 heterocycles. The predicted molar refractivity (Wildman–Crippen MR) is 82.1 cm³/mol. The van der Waals surface area contributed by atoms with Crippen LogP contribution in [0.1, 0.15) is 0 Å². The van der Waals surface area contributed by atoms with Gasteiger partial charge in [0, 0.05) is 5.56 Å². The molecule has 0 saturated carbocycles. The van der Waals surface area contributed by atoms with Crippen LogP contribution in [0.25, 0.3) is 28.1 Å². The molecule has 0 N–H and O–H groups in total. The van der Waals surface area contributed by atoms with E-state index in [-0.39, 0.29) is 0 Å². The Morgan fingerprint density at radius 3 is 2.19 bits per heavy atom. The van der Waals surface area contributed by atoms with Crippen molar-refractivity contribution in [3.8, 4) is 16.9 Å². The van der Waals surface area contributed by atoms with Crippen LogP contribution in [0.5, 0.6) is 0 Å². The number of benzene rings is 2. The van der Waals surface area contributed by atoms with E-state index in [1.165, 1.54) is 0 Å². The lowest BCUT2D eigenvalue weighted by atomic mass is 10.1. The number of fused-ring (bicyclic) bond motifs is 1. The Kier molecular flexibility index (Phi) is 2.71. The Bertz CT molecular complexity index is 882. The summed E-state index contributed by atoms with van der Waals surface area (Å²) in [7, 11) is 0. The third-order valence-corrected chi connectivity index (χ3v) is 3.37. The molecule has 0 radical (unpaired) electrons. The van der Waals surface area contributed by atoms with Gasteiger partial charge in [0.05, 0.1) is 11.4 Å². The number of hydrogen-bond donors (Lipinski definition) is 0. The van der Waals surface area contributed by atoms with Gasteiger partial charge in [-0.2, -0.15) is 4.68 Å². The number of nitrogens with zero attached hydrogens (tertiary/aromatic N) is 4. The molecule has 2 aromatic carbocycles. The number of para-hydroxylation sites is 1. The van der Waals surface area contributed by atoms with Crippen molar-refractivity contribution < 1.29 is 0 Å². The van der Waals surface area contributed by atoms with Gasteiger partial charge in [-0.1, -0.05) is 53.7 Å². The fourth-order valence-electron chi connectivity index (χ4n) is 2.32. The van der Waals surface area contributed by atoms with Crippen molar-refractivity contribution >= 4 is 11.2 Å². The molecule has 0 amide bonds. The first-order chi connectivity index (χ1) is 10.4. The van der Waals surface area contributed by atoms with Crippen molar-refractivity contribution in [2.45, 2.75) is 0 Å². The molecular weight excluding hydrogens is 260 g/mol. The molecule has 0 atom stereocenters. The minimum atomic E-state index is 0.766. The first-order valence-corrected chi connectivity index (χ1v) is 6.75. The molecule has 2 aromatic heterocycles. The lowest BCUT2D eigenvalue weighted by Gasteiger charge is -2.03. The summed E-state index contributed by atoms with van der Waals surface area (Å²) in [5.74, 6) is 0. The Balaban J connectivity index is 1.91.